The van der Waals surface area contributed by atoms with Crippen molar-refractivity contribution >= 4 is 34.7 Å². The number of methoxy groups -OCH3 is 1. The molecule has 0 unspecified atom stereocenters. The zero-order valence-electron chi connectivity index (χ0n) is 16.1. The van der Waals surface area contributed by atoms with Crippen molar-refractivity contribution in [2.45, 2.75) is 30.0 Å². The zero-order valence-corrected chi connectivity index (χ0v) is 17.8. The zero-order chi connectivity index (χ0) is 20.4. The maximum atomic E-state index is 13.1. The monoisotopic (exact) mass is 428 g/mol. The predicted molar refractivity (Wildman–Crippen MR) is 114 cm³/mol. The Kier molecular flexibility index (Phi) is 5.68. The minimum atomic E-state index is -0.202. The molecule has 29 heavy (non-hydrogen) atoms. The largest absolute Gasteiger partial charge is 0.491 e. The molecule has 0 fully saturated rings. The summed E-state index contributed by atoms with van der Waals surface area (Å²) in [5.41, 5.74) is 2.69. The third-order valence-corrected chi connectivity index (χ3v) is 6.75. The molecule has 1 aromatic carbocycles. The van der Waals surface area contributed by atoms with E-state index in [0.717, 1.165) is 27.1 Å². The van der Waals surface area contributed by atoms with Gasteiger partial charge in [0.05, 0.1) is 13.3 Å². The number of nitrogens with zero attached hydrogens (tertiary/aromatic N) is 4. The molecule has 1 aliphatic heterocycles. The van der Waals surface area contributed by atoms with Gasteiger partial charge in [0.25, 0.3) is 0 Å². The van der Waals surface area contributed by atoms with Crippen molar-refractivity contribution in [2.24, 2.45) is 0 Å². The van der Waals surface area contributed by atoms with Crippen LogP contribution in [-0.2, 0) is 23.5 Å². The number of fused-ring (bicyclic) bond motifs is 1. The first kappa shape index (κ1) is 19.7. The number of hydrogen-bond acceptors (Lipinski definition) is 7. The number of pyridine rings is 1. The Balaban J connectivity index is 1.58. The van der Waals surface area contributed by atoms with E-state index >= 15 is 0 Å². The lowest BCUT2D eigenvalue weighted by molar-refractivity contribution is -0.119. The Hall–Kier alpha value is -2.65. The Bertz CT molecular complexity index is 1110. The molecule has 0 radical (unpaired) electrons. The van der Waals surface area contributed by atoms with Gasteiger partial charge in [-0.15, -0.1) is 10.2 Å². The van der Waals surface area contributed by atoms with E-state index in [0.29, 0.717) is 12.3 Å². The van der Waals surface area contributed by atoms with Gasteiger partial charge in [0.1, 0.15) is 11.6 Å². The van der Waals surface area contributed by atoms with E-state index in [2.05, 4.69) is 16.3 Å². The van der Waals surface area contributed by atoms with Crippen molar-refractivity contribution in [3.05, 3.63) is 63.0 Å². The smallest absolute Gasteiger partial charge is 0.246 e. The molecule has 0 N–H and O–H groups in total. The molecule has 3 aromatic rings. The second-order valence-electron chi connectivity index (χ2n) is 6.63. The van der Waals surface area contributed by atoms with Crippen LogP contribution < -0.4 is 15.1 Å². The maximum absolute atomic E-state index is 13.1. The summed E-state index contributed by atoms with van der Waals surface area (Å²) in [6, 6.07) is 9.49. The summed E-state index contributed by atoms with van der Waals surface area (Å²) in [5.74, 6) is 0.719. The van der Waals surface area contributed by atoms with Crippen LogP contribution in [0.5, 0.6) is 5.75 Å². The number of benzene rings is 1. The quantitative estimate of drug-likeness (QED) is 0.562. The second kappa shape index (κ2) is 8.38. The van der Waals surface area contributed by atoms with Crippen molar-refractivity contribution in [3.8, 4) is 5.75 Å². The summed E-state index contributed by atoms with van der Waals surface area (Å²) in [4.78, 5) is 27.1. The Morgan fingerprint density at radius 2 is 2.14 bits per heavy atom. The number of aromatic nitrogens is 3. The molecule has 0 saturated heterocycles. The highest BCUT2D eigenvalue weighted by Gasteiger charge is 2.24. The molecule has 0 saturated carbocycles. The van der Waals surface area contributed by atoms with Crippen LogP contribution in [0.1, 0.15) is 16.3 Å². The van der Waals surface area contributed by atoms with E-state index in [9.17, 15) is 9.59 Å². The van der Waals surface area contributed by atoms with Gasteiger partial charge < -0.3 is 14.2 Å². The lowest BCUT2D eigenvalue weighted by Crippen LogP contribution is -2.33. The summed E-state index contributed by atoms with van der Waals surface area (Å²) in [6.07, 6.45) is 2.47. The molecule has 2 aromatic heterocycles. The Labute approximate surface area is 176 Å². The number of hydrogen-bond donors (Lipinski definition) is 0. The predicted octanol–water partition coefficient (Wildman–Crippen LogP) is 2.90. The number of thioether (sulfide) groups is 1. The highest BCUT2D eigenvalue weighted by Crippen LogP contribution is 2.29. The van der Waals surface area contributed by atoms with E-state index in [1.807, 2.05) is 30.0 Å². The Morgan fingerprint density at radius 1 is 1.31 bits per heavy atom. The summed E-state index contributed by atoms with van der Waals surface area (Å²) in [5, 5.41) is 9.02. The maximum Gasteiger partial charge on any atom is 0.246 e. The van der Waals surface area contributed by atoms with Gasteiger partial charge in [0.15, 0.2) is 10.1 Å². The van der Waals surface area contributed by atoms with Gasteiger partial charge >= 0.3 is 0 Å². The van der Waals surface area contributed by atoms with Crippen LogP contribution in [0.3, 0.4) is 0 Å². The number of rotatable bonds is 6. The topological polar surface area (TPSA) is 77.3 Å². The van der Waals surface area contributed by atoms with Gasteiger partial charge in [-0.25, -0.2) is 0 Å². The average Bonchev–Trinajstić information content (AvgIpc) is 3.33. The summed E-state index contributed by atoms with van der Waals surface area (Å²) < 4.78 is 7.81. The molecule has 1 aliphatic rings. The SMILES string of the molecule is COc1cn(CC(=O)N2CCc3ccccc32)c(CSc2nnc(C)s2)cc1=O. The number of ether oxygens (including phenoxy) is 1. The highest BCUT2D eigenvalue weighted by molar-refractivity contribution is 8.00. The van der Waals surface area contributed by atoms with E-state index in [4.69, 9.17) is 4.74 Å². The fraction of sp³-hybridized carbons (Fsp3) is 0.300. The van der Waals surface area contributed by atoms with Crippen molar-refractivity contribution in [1.29, 1.82) is 0 Å². The standard InChI is InChI=1S/C20H20N4O3S2/c1-13-21-22-20(29-13)28-12-15-9-17(25)18(27-2)10-23(15)11-19(26)24-8-7-14-5-3-4-6-16(14)24/h3-6,9-10H,7-8,11-12H2,1-2H3. The highest BCUT2D eigenvalue weighted by atomic mass is 32.2. The first-order valence-electron chi connectivity index (χ1n) is 9.13. The number of aryl methyl sites for hydroxylation is 1. The van der Waals surface area contributed by atoms with E-state index < -0.39 is 0 Å². The van der Waals surface area contributed by atoms with Crippen LogP contribution in [0, 0.1) is 6.92 Å². The molecule has 0 aliphatic carbocycles. The molecule has 0 bridgehead atoms. The molecule has 3 heterocycles. The van der Waals surface area contributed by atoms with Crippen LogP contribution in [-0.4, -0.2) is 34.3 Å². The first-order valence-corrected chi connectivity index (χ1v) is 10.9. The lowest BCUT2D eigenvalue weighted by Gasteiger charge is -2.20. The van der Waals surface area contributed by atoms with Crippen molar-refractivity contribution in [1.82, 2.24) is 14.8 Å². The van der Waals surface area contributed by atoms with Crippen LogP contribution in [0.15, 0.2) is 45.7 Å². The van der Waals surface area contributed by atoms with Crippen molar-refractivity contribution < 1.29 is 9.53 Å². The van der Waals surface area contributed by atoms with Gasteiger partial charge in [-0.3, -0.25) is 9.59 Å². The van der Waals surface area contributed by atoms with Gasteiger partial charge in [0, 0.05) is 29.7 Å². The van der Waals surface area contributed by atoms with E-state index in [-0.39, 0.29) is 23.6 Å². The summed E-state index contributed by atoms with van der Waals surface area (Å²) >= 11 is 3.00. The molecule has 0 atom stereocenters. The van der Waals surface area contributed by atoms with Crippen LogP contribution in [0.4, 0.5) is 5.69 Å². The fourth-order valence-electron chi connectivity index (χ4n) is 3.32. The van der Waals surface area contributed by atoms with E-state index in [1.54, 1.807) is 10.8 Å². The minimum Gasteiger partial charge on any atom is -0.491 e. The van der Waals surface area contributed by atoms with Crippen molar-refractivity contribution in [3.63, 3.8) is 0 Å². The van der Waals surface area contributed by atoms with Gasteiger partial charge in [-0.2, -0.15) is 0 Å². The number of para-hydroxylation sites is 1. The second-order valence-corrected chi connectivity index (χ2v) is 9.03. The number of amides is 1. The third kappa shape index (κ3) is 4.20. The summed E-state index contributed by atoms with van der Waals surface area (Å²) in [6.45, 7) is 2.71. The molecule has 7 nitrogen and oxygen atoms in total. The number of anilines is 1. The van der Waals surface area contributed by atoms with Gasteiger partial charge in [-0.1, -0.05) is 41.3 Å². The van der Waals surface area contributed by atoms with E-state index in [1.165, 1.54) is 41.8 Å². The molecule has 0 spiro atoms. The van der Waals surface area contributed by atoms with Crippen LogP contribution in [0.25, 0.3) is 0 Å². The molecule has 150 valence electrons. The Morgan fingerprint density at radius 3 is 2.90 bits per heavy atom. The minimum absolute atomic E-state index is 0.0151. The lowest BCUT2D eigenvalue weighted by atomic mass is 10.2. The molecule has 9 heteroatoms. The molecule has 1 amide bonds. The fourth-order valence-corrected chi connectivity index (χ4v) is 5.13. The van der Waals surface area contributed by atoms with Crippen molar-refractivity contribution in [2.75, 3.05) is 18.6 Å². The molecular weight excluding hydrogens is 408 g/mol. The summed E-state index contributed by atoms with van der Waals surface area (Å²) in [7, 11) is 1.46. The molecule has 4 rings (SSSR count). The normalized spacial score (nSPS) is 12.8. The molecular formula is C20H20N4O3S2. The third-order valence-electron chi connectivity index (χ3n) is 4.75. The van der Waals surface area contributed by atoms with Crippen LogP contribution in [0.2, 0.25) is 0 Å². The number of carbonyl (C=O) groups excluding carboxylic acids is 1. The first-order chi connectivity index (χ1) is 14.0. The van der Waals surface area contributed by atoms with Gasteiger partial charge in [-0.05, 0) is 25.0 Å². The van der Waals surface area contributed by atoms with Gasteiger partial charge in [0.2, 0.25) is 11.3 Å². The average molecular weight is 429 g/mol. The van der Waals surface area contributed by atoms with Crippen LogP contribution >= 0.6 is 23.1 Å². The number of carbonyl (C=O) groups is 1.